The lowest BCUT2D eigenvalue weighted by molar-refractivity contribution is 0.0383. The summed E-state index contributed by atoms with van der Waals surface area (Å²) >= 11 is 0. The van der Waals surface area contributed by atoms with Gasteiger partial charge in [-0.3, -0.25) is 9.69 Å². The van der Waals surface area contributed by atoms with Crippen LogP contribution in [0.25, 0.3) is 0 Å². The number of morpholine rings is 1. The fourth-order valence-electron chi connectivity index (χ4n) is 2.28. The van der Waals surface area contributed by atoms with Crippen LogP contribution < -0.4 is 10.6 Å². The van der Waals surface area contributed by atoms with Gasteiger partial charge in [-0.05, 0) is 32.9 Å². The van der Waals surface area contributed by atoms with Crippen LogP contribution in [0.1, 0.15) is 31.3 Å². The molecule has 0 atom stereocenters. The number of aromatic nitrogens is 1. The average molecular weight is 306 g/mol. The van der Waals surface area contributed by atoms with Crippen LogP contribution in [0.4, 0.5) is 5.69 Å². The van der Waals surface area contributed by atoms with E-state index in [9.17, 15) is 4.79 Å². The summed E-state index contributed by atoms with van der Waals surface area (Å²) in [6.45, 7) is 11.1. The normalized spacial score (nSPS) is 16.3. The highest BCUT2D eigenvalue weighted by atomic mass is 16.5. The molecule has 0 aliphatic carbocycles. The van der Waals surface area contributed by atoms with E-state index >= 15 is 0 Å². The number of nitrogens with zero attached hydrogens (tertiary/aromatic N) is 2. The van der Waals surface area contributed by atoms with Gasteiger partial charge in [-0.2, -0.15) is 0 Å². The number of pyridine rings is 1. The molecule has 0 saturated carbocycles. The van der Waals surface area contributed by atoms with Crippen LogP contribution in [-0.2, 0) is 4.74 Å². The molecular weight excluding hydrogens is 280 g/mol. The smallest absolute Gasteiger partial charge is 0.269 e. The zero-order valence-corrected chi connectivity index (χ0v) is 13.7. The van der Waals surface area contributed by atoms with E-state index in [1.54, 1.807) is 12.3 Å². The first-order chi connectivity index (χ1) is 10.4. The highest BCUT2D eigenvalue weighted by molar-refractivity contribution is 5.92. The Morgan fingerprint density at radius 2 is 2.05 bits per heavy atom. The number of carbonyl (C=O) groups is 1. The Hall–Kier alpha value is -1.66. The lowest BCUT2D eigenvalue weighted by Crippen LogP contribution is -2.41. The van der Waals surface area contributed by atoms with Gasteiger partial charge in [0.05, 0.1) is 25.1 Å². The van der Waals surface area contributed by atoms with Crippen molar-refractivity contribution in [3.8, 4) is 0 Å². The van der Waals surface area contributed by atoms with Gasteiger partial charge in [0, 0.05) is 31.7 Å². The van der Waals surface area contributed by atoms with Gasteiger partial charge in [-0.1, -0.05) is 0 Å². The highest BCUT2D eigenvalue weighted by Crippen LogP contribution is 2.13. The number of ether oxygens (including phenoxy) is 1. The molecular formula is C16H26N4O2. The second-order valence-electron chi connectivity index (χ2n) is 6.52. The van der Waals surface area contributed by atoms with Crippen molar-refractivity contribution in [1.29, 1.82) is 0 Å². The van der Waals surface area contributed by atoms with E-state index < -0.39 is 0 Å². The van der Waals surface area contributed by atoms with E-state index in [4.69, 9.17) is 4.74 Å². The minimum Gasteiger partial charge on any atom is -0.379 e. The summed E-state index contributed by atoms with van der Waals surface area (Å²) < 4.78 is 5.30. The first kappa shape index (κ1) is 16.7. The van der Waals surface area contributed by atoms with Gasteiger partial charge in [-0.15, -0.1) is 0 Å². The predicted molar refractivity (Wildman–Crippen MR) is 87.2 cm³/mol. The van der Waals surface area contributed by atoms with E-state index in [0.29, 0.717) is 12.2 Å². The summed E-state index contributed by atoms with van der Waals surface area (Å²) in [6, 6.07) is 3.63. The van der Waals surface area contributed by atoms with Gasteiger partial charge < -0.3 is 15.4 Å². The number of nitrogens with one attached hydrogen (secondary N) is 2. The van der Waals surface area contributed by atoms with E-state index in [1.807, 2.05) is 6.07 Å². The second-order valence-corrected chi connectivity index (χ2v) is 6.52. The molecule has 0 spiro atoms. The molecule has 0 bridgehead atoms. The van der Waals surface area contributed by atoms with Crippen LogP contribution >= 0.6 is 0 Å². The number of amides is 1. The minimum atomic E-state index is -0.129. The maximum atomic E-state index is 12.0. The third-order valence-electron chi connectivity index (χ3n) is 3.33. The van der Waals surface area contributed by atoms with Crippen molar-refractivity contribution in [2.45, 2.75) is 26.3 Å². The molecule has 6 heteroatoms. The molecule has 1 aromatic heterocycles. The number of anilines is 1. The molecule has 2 N–H and O–H groups in total. The predicted octanol–water partition coefficient (Wildman–Crippen LogP) is 1.35. The quantitative estimate of drug-likeness (QED) is 0.860. The topological polar surface area (TPSA) is 66.5 Å². The Bertz CT molecular complexity index is 476. The van der Waals surface area contributed by atoms with Gasteiger partial charge in [-0.25, -0.2) is 4.98 Å². The summed E-state index contributed by atoms with van der Waals surface area (Å²) in [5, 5.41) is 6.23. The Kier molecular flexibility index (Phi) is 5.74. The largest absolute Gasteiger partial charge is 0.379 e. The zero-order valence-electron chi connectivity index (χ0n) is 13.7. The first-order valence-electron chi connectivity index (χ1n) is 7.76. The Morgan fingerprint density at radius 3 is 2.64 bits per heavy atom. The number of hydrogen-bond acceptors (Lipinski definition) is 5. The highest BCUT2D eigenvalue weighted by Gasteiger charge is 2.13. The summed E-state index contributed by atoms with van der Waals surface area (Å²) in [5.74, 6) is -0.129. The van der Waals surface area contributed by atoms with Crippen LogP contribution in [0.3, 0.4) is 0 Å². The van der Waals surface area contributed by atoms with E-state index in [1.165, 1.54) is 0 Å². The van der Waals surface area contributed by atoms with Crippen LogP contribution in [0.15, 0.2) is 18.3 Å². The Balaban J connectivity index is 1.77. The van der Waals surface area contributed by atoms with Gasteiger partial charge in [0.15, 0.2) is 0 Å². The number of hydrogen-bond donors (Lipinski definition) is 2. The number of carbonyl (C=O) groups excluding carboxylic acids is 1. The van der Waals surface area contributed by atoms with Gasteiger partial charge in [0.2, 0.25) is 0 Å². The van der Waals surface area contributed by atoms with Gasteiger partial charge >= 0.3 is 0 Å². The molecule has 6 nitrogen and oxygen atoms in total. The molecule has 0 radical (unpaired) electrons. The third kappa shape index (κ3) is 5.61. The SMILES string of the molecule is CC(C)(C)Nc1ccc(C(=O)NCCN2CCOCC2)nc1. The molecule has 2 rings (SSSR count). The fourth-order valence-corrected chi connectivity index (χ4v) is 2.28. The molecule has 1 aliphatic heterocycles. The summed E-state index contributed by atoms with van der Waals surface area (Å²) in [7, 11) is 0. The van der Waals surface area contributed by atoms with Gasteiger partial charge in [0.25, 0.3) is 5.91 Å². The van der Waals surface area contributed by atoms with Crippen molar-refractivity contribution in [3.63, 3.8) is 0 Å². The van der Waals surface area contributed by atoms with Crippen molar-refractivity contribution in [2.75, 3.05) is 44.7 Å². The van der Waals surface area contributed by atoms with Crippen molar-refractivity contribution in [2.24, 2.45) is 0 Å². The molecule has 0 aromatic carbocycles. The maximum absolute atomic E-state index is 12.0. The molecule has 1 fully saturated rings. The van der Waals surface area contributed by atoms with E-state index in [-0.39, 0.29) is 11.4 Å². The third-order valence-corrected chi connectivity index (χ3v) is 3.33. The van der Waals surface area contributed by atoms with Crippen LogP contribution in [0.2, 0.25) is 0 Å². The van der Waals surface area contributed by atoms with E-state index in [2.05, 4.69) is 41.3 Å². The van der Waals surface area contributed by atoms with Crippen molar-refractivity contribution >= 4 is 11.6 Å². The Labute approximate surface area is 132 Å². The molecule has 2 heterocycles. The standard InChI is InChI=1S/C16H26N4O2/c1-16(2,3)19-13-4-5-14(18-12-13)15(21)17-6-7-20-8-10-22-11-9-20/h4-5,12,19H,6-11H2,1-3H3,(H,17,21). The summed E-state index contributed by atoms with van der Waals surface area (Å²) in [4.78, 5) is 18.6. The molecule has 1 amide bonds. The van der Waals surface area contributed by atoms with Crippen molar-refractivity contribution in [3.05, 3.63) is 24.0 Å². The van der Waals surface area contributed by atoms with Crippen LogP contribution in [0.5, 0.6) is 0 Å². The second kappa shape index (κ2) is 7.56. The summed E-state index contributed by atoms with van der Waals surface area (Å²) in [5.41, 5.74) is 1.34. The minimum absolute atomic E-state index is 0.0242. The average Bonchev–Trinajstić information content (AvgIpc) is 2.47. The lowest BCUT2D eigenvalue weighted by Gasteiger charge is -2.26. The molecule has 0 unspecified atom stereocenters. The molecule has 1 aliphatic rings. The first-order valence-corrected chi connectivity index (χ1v) is 7.76. The molecule has 22 heavy (non-hydrogen) atoms. The zero-order chi connectivity index (χ0) is 16.0. The van der Waals surface area contributed by atoms with E-state index in [0.717, 1.165) is 38.5 Å². The molecule has 122 valence electrons. The summed E-state index contributed by atoms with van der Waals surface area (Å²) in [6.07, 6.45) is 1.70. The molecule has 1 aromatic rings. The lowest BCUT2D eigenvalue weighted by atomic mass is 10.1. The maximum Gasteiger partial charge on any atom is 0.269 e. The monoisotopic (exact) mass is 306 g/mol. The van der Waals surface area contributed by atoms with Crippen LogP contribution in [-0.4, -0.2) is 60.7 Å². The van der Waals surface area contributed by atoms with Crippen molar-refractivity contribution in [1.82, 2.24) is 15.2 Å². The van der Waals surface area contributed by atoms with Crippen LogP contribution in [0, 0.1) is 0 Å². The van der Waals surface area contributed by atoms with Gasteiger partial charge in [0.1, 0.15) is 5.69 Å². The Morgan fingerprint density at radius 1 is 1.32 bits per heavy atom. The van der Waals surface area contributed by atoms with Crippen molar-refractivity contribution < 1.29 is 9.53 Å². The molecule has 1 saturated heterocycles. The fraction of sp³-hybridized carbons (Fsp3) is 0.625. The number of rotatable bonds is 5.